The number of nitrogens with zero attached hydrogens (tertiary/aromatic N) is 2. The molecule has 0 radical (unpaired) electrons. The lowest BCUT2D eigenvalue weighted by atomic mass is 10.3. The van der Waals surface area contributed by atoms with Gasteiger partial charge in [0, 0.05) is 7.05 Å². The van der Waals surface area contributed by atoms with E-state index in [2.05, 4.69) is 4.98 Å². The molecule has 6 heteroatoms. The van der Waals surface area contributed by atoms with E-state index in [0.717, 1.165) is 5.52 Å². The van der Waals surface area contributed by atoms with Crippen LogP contribution in [0.25, 0.3) is 11.0 Å². The van der Waals surface area contributed by atoms with Crippen molar-refractivity contribution in [3.63, 3.8) is 0 Å². The lowest BCUT2D eigenvalue weighted by Gasteiger charge is -1.97. The van der Waals surface area contributed by atoms with Crippen LogP contribution in [0.4, 0.5) is 0 Å². The predicted molar refractivity (Wildman–Crippen MR) is 50.5 cm³/mol. The average molecular weight is 212 g/mol. The van der Waals surface area contributed by atoms with Crippen LogP contribution in [0.1, 0.15) is 0 Å². The molecule has 0 unspecified atom stereocenters. The maximum absolute atomic E-state index is 10.8. The first-order chi connectivity index (χ1) is 6.48. The summed E-state index contributed by atoms with van der Waals surface area (Å²) < 4.78 is 32.2. The molecule has 0 aliphatic heterocycles. The molecular weight excluding hydrogens is 204 g/mol. The van der Waals surface area contributed by atoms with Crippen LogP contribution in [0, 0.1) is 0 Å². The molecule has 1 heterocycles. The molecule has 0 spiro atoms. The van der Waals surface area contributed by atoms with E-state index in [4.69, 9.17) is 4.55 Å². The van der Waals surface area contributed by atoms with Gasteiger partial charge in [-0.1, -0.05) is 0 Å². The fourth-order valence-electron chi connectivity index (χ4n) is 1.28. The molecule has 0 amide bonds. The van der Waals surface area contributed by atoms with Gasteiger partial charge in [-0.2, -0.15) is 8.42 Å². The fourth-order valence-corrected chi connectivity index (χ4v) is 1.78. The molecule has 0 saturated carbocycles. The number of rotatable bonds is 1. The summed E-state index contributed by atoms with van der Waals surface area (Å²) >= 11 is 0. The quantitative estimate of drug-likeness (QED) is 0.710. The van der Waals surface area contributed by atoms with E-state index < -0.39 is 10.1 Å². The summed E-state index contributed by atoms with van der Waals surface area (Å²) in [5.74, 6) is 0. The fraction of sp³-hybridized carbons (Fsp3) is 0.125. The van der Waals surface area contributed by atoms with Gasteiger partial charge in [0.2, 0.25) is 0 Å². The van der Waals surface area contributed by atoms with Crippen molar-refractivity contribution < 1.29 is 13.0 Å². The van der Waals surface area contributed by atoms with Crippen LogP contribution in [-0.4, -0.2) is 22.5 Å². The monoisotopic (exact) mass is 212 g/mol. The van der Waals surface area contributed by atoms with Crippen molar-refractivity contribution in [3.05, 3.63) is 24.5 Å². The normalized spacial score (nSPS) is 12.1. The van der Waals surface area contributed by atoms with Gasteiger partial charge in [-0.25, -0.2) is 4.98 Å². The van der Waals surface area contributed by atoms with Gasteiger partial charge in [-0.15, -0.1) is 0 Å². The number of benzene rings is 1. The smallest absolute Gasteiger partial charge is 0.294 e. The summed E-state index contributed by atoms with van der Waals surface area (Å²) in [4.78, 5) is 3.84. The Kier molecular flexibility index (Phi) is 1.83. The van der Waals surface area contributed by atoms with E-state index in [1.54, 1.807) is 17.0 Å². The molecule has 1 aromatic carbocycles. The van der Waals surface area contributed by atoms with Crippen LogP contribution in [0.3, 0.4) is 0 Å². The van der Waals surface area contributed by atoms with E-state index in [0.29, 0.717) is 5.52 Å². The summed E-state index contributed by atoms with van der Waals surface area (Å²) in [7, 11) is -2.33. The molecule has 1 N–H and O–H groups in total. The van der Waals surface area contributed by atoms with Crippen molar-refractivity contribution in [2.75, 3.05) is 0 Å². The zero-order valence-electron chi connectivity index (χ0n) is 7.38. The number of imidazole rings is 1. The standard InChI is InChI=1S/C8H8N2O3S/c1-10-5-9-7-4-6(14(11,12)13)2-3-8(7)10/h2-5H,1H3,(H,11,12,13). The van der Waals surface area contributed by atoms with E-state index in [9.17, 15) is 8.42 Å². The SMILES string of the molecule is Cn1cnc2cc(S(=O)(=O)O)ccc21. The Morgan fingerprint density at radius 2 is 2.14 bits per heavy atom. The van der Waals surface area contributed by atoms with Crippen molar-refractivity contribution in [2.24, 2.45) is 7.05 Å². The summed E-state index contributed by atoms with van der Waals surface area (Å²) in [6.07, 6.45) is 1.58. The Bertz CT molecular complexity index is 586. The Morgan fingerprint density at radius 1 is 1.43 bits per heavy atom. The molecule has 2 rings (SSSR count). The Hall–Kier alpha value is -1.40. The number of hydrogen-bond donors (Lipinski definition) is 1. The zero-order chi connectivity index (χ0) is 10.3. The predicted octanol–water partition coefficient (Wildman–Crippen LogP) is 0.820. The average Bonchev–Trinajstić information content (AvgIpc) is 2.46. The Morgan fingerprint density at radius 3 is 2.79 bits per heavy atom. The summed E-state index contributed by atoms with van der Waals surface area (Å²) in [5.41, 5.74) is 1.36. The highest BCUT2D eigenvalue weighted by Crippen LogP contribution is 2.16. The van der Waals surface area contributed by atoms with E-state index in [1.807, 2.05) is 7.05 Å². The lowest BCUT2D eigenvalue weighted by Crippen LogP contribution is -1.97. The number of aryl methyl sites for hydroxylation is 1. The van der Waals surface area contributed by atoms with Gasteiger partial charge >= 0.3 is 0 Å². The van der Waals surface area contributed by atoms with Gasteiger partial charge in [0.1, 0.15) is 0 Å². The summed E-state index contributed by atoms with van der Waals surface area (Å²) in [5, 5.41) is 0. The molecule has 0 bridgehead atoms. The first-order valence-electron chi connectivity index (χ1n) is 3.87. The highest BCUT2D eigenvalue weighted by Gasteiger charge is 2.10. The molecular formula is C8H8N2O3S. The second kappa shape index (κ2) is 2.79. The van der Waals surface area contributed by atoms with Crippen LogP contribution in [-0.2, 0) is 17.2 Å². The molecule has 14 heavy (non-hydrogen) atoms. The van der Waals surface area contributed by atoms with Crippen molar-refractivity contribution in [2.45, 2.75) is 4.90 Å². The molecule has 2 aromatic rings. The minimum absolute atomic E-state index is 0.135. The van der Waals surface area contributed by atoms with E-state index in [1.165, 1.54) is 12.1 Å². The highest BCUT2D eigenvalue weighted by atomic mass is 32.2. The second-order valence-electron chi connectivity index (χ2n) is 2.98. The first-order valence-corrected chi connectivity index (χ1v) is 5.31. The molecule has 0 atom stereocenters. The Balaban J connectivity index is 2.76. The summed E-state index contributed by atoms with van der Waals surface area (Å²) in [6, 6.07) is 4.29. The Labute approximate surface area is 80.7 Å². The van der Waals surface area contributed by atoms with Gasteiger partial charge < -0.3 is 4.57 Å². The topological polar surface area (TPSA) is 72.2 Å². The maximum Gasteiger partial charge on any atom is 0.294 e. The minimum Gasteiger partial charge on any atom is -0.334 e. The lowest BCUT2D eigenvalue weighted by molar-refractivity contribution is 0.483. The number of fused-ring (bicyclic) bond motifs is 1. The van der Waals surface area contributed by atoms with Crippen molar-refractivity contribution >= 4 is 21.2 Å². The summed E-state index contributed by atoms with van der Waals surface area (Å²) in [6.45, 7) is 0. The van der Waals surface area contributed by atoms with E-state index in [-0.39, 0.29) is 4.90 Å². The van der Waals surface area contributed by atoms with Crippen molar-refractivity contribution in [1.29, 1.82) is 0 Å². The highest BCUT2D eigenvalue weighted by molar-refractivity contribution is 7.85. The second-order valence-corrected chi connectivity index (χ2v) is 4.40. The minimum atomic E-state index is -4.13. The van der Waals surface area contributed by atoms with Crippen LogP contribution >= 0.6 is 0 Å². The van der Waals surface area contributed by atoms with Gasteiger partial charge in [-0.05, 0) is 18.2 Å². The number of hydrogen-bond acceptors (Lipinski definition) is 3. The third-order valence-electron chi connectivity index (χ3n) is 1.99. The molecule has 5 nitrogen and oxygen atoms in total. The van der Waals surface area contributed by atoms with Crippen LogP contribution < -0.4 is 0 Å². The van der Waals surface area contributed by atoms with Crippen molar-refractivity contribution in [3.8, 4) is 0 Å². The molecule has 1 aromatic heterocycles. The third-order valence-corrected chi connectivity index (χ3v) is 2.84. The number of aromatic nitrogens is 2. The molecule has 0 saturated heterocycles. The van der Waals surface area contributed by atoms with Gasteiger partial charge in [-0.3, -0.25) is 4.55 Å². The zero-order valence-corrected chi connectivity index (χ0v) is 8.19. The van der Waals surface area contributed by atoms with Crippen LogP contribution in [0.5, 0.6) is 0 Å². The van der Waals surface area contributed by atoms with Crippen LogP contribution in [0.15, 0.2) is 29.4 Å². The largest absolute Gasteiger partial charge is 0.334 e. The molecule has 0 aliphatic carbocycles. The maximum atomic E-state index is 10.8. The molecule has 74 valence electrons. The van der Waals surface area contributed by atoms with Gasteiger partial charge in [0.15, 0.2) is 0 Å². The first kappa shape index (κ1) is 9.17. The third kappa shape index (κ3) is 1.38. The van der Waals surface area contributed by atoms with Gasteiger partial charge in [0.05, 0.1) is 22.3 Å². The molecule has 0 fully saturated rings. The molecule has 0 aliphatic rings. The van der Waals surface area contributed by atoms with Gasteiger partial charge in [0.25, 0.3) is 10.1 Å². The van der Waals surface area contributed by atoms with Crippen molar-refractivity contribution in [1.82, 2.24) is 9.55 Å². The van der Waals surface area contributed by atoms with E-state index >= 15 is 0 Å². The van der Waals surface area contributed by atoms with Crippen LogP contribution in [0.2, 0.25) is 0 Å².